The largest absolute Gasteiger partial charge is 0.399 e. The Labute approximate surface area is 125 Å². The minimum Gasteiger partial charge on any atom is -0.399 e. The highest BCUT2D eigenvalue weighted by Gasteiger charge is 2.34. The maximum atomic E-state index is 13.4. The molecule has 0 amide bonds. The van der Waals surface area contributed by atoms with Crippen LogP contribution in [0.5, 0.6) is 0 Å². The molecule has 5 nitrogen and oxygen atoms in total. The third kappa shape index (κ3) is 3.36. The Kier molecular flexibility index (Phi) is 4.85. The zero-order valence-corrected chi connectivity index (χ0v) is 13.2. The van der Waals surface area contributed by atoms with Crippen LogP contribution in [-0.2, 0) is 10.0 Å². The first kappa shape index (κ1) is 16.2. The minimum atomic E-state index is -3.68. The van der Waals surface area contributed by atoms with Gasteiger partial charge >= 0.3 is 0 Å². The van der Waals surface area contributed by atoms with Crippen LogP contribution in [0.2, 0.25) is 0 Å². The molecule has 0 aliphatic carbocycles. The van der Waals surface area contributed by atoms with Crippen LogP contribution in [0.25, 0.3) is 0 Å². The van der Waals surface area contributed by atoms with Crippen molar-refractivity contribution in [2.24, 2.45) is 0 Å². The highest BCUT2D eigenvalue weighted by Crippen LogP contribution is 2.25. The number of sulfonamides is 1. The lowest BCUT2D eigenvalue weighted by atomic mass is 10.2. The van der Waals surface area contributed by atoms with Gasteiger partial charge in [-0.2, -0.15) is 4.31 Å². The molecule has 2 N–H and O–H groups in total. The number of hydrogen-bond acceptors (Lipinski definition) is 4. The van der Waals surface area contributed by atoms with Gasteiger partial charge in [0.1, 0.15) is 5.82 Å². The molecule has 1 saturated heterocycles. The SMILES string of the molecule is CCN(CC)C1CCN(S(=O)(=O)c2cc(N)cc(F)c2)C1. The van der Waals surface area contributed by atoms with Crippen molar-refractivity contribution < 1.29 is 12.8 Å². The van der Waals surface area contributed by atoms with Crippen molar-refractivity contribution in [2.75, 3.05) is 31.9 Å². The second-order valence-electron chi connectivity index (χ2n) is 5.25. The normalized spacial score (nSPS) is 20.3. The van der Waals surface area contributed by atoms with Gasteiger partial charge in [-0.05, 0) is 37.7 Å². The van der Waals surface area contributed by atoms with Crippen molar-refractivity contribution in [2.45, 2.75) is 31.2 Å². The quantitative estimate of drug-likeness (QED) is 0.837. The highest BCUT2D eigenvalue weighted by molar-refractivity contribution is 7.89. The summed E-state index contributed by atoms with van der Waals surface area (Å²) in [5.74, 6) is -0.631. The summed E-state index contributed by atoms with van der Waals surface area (Å²) in [6.45, 7) is 6.81. The van der Waals surface area contributed by atoms with Crippen LogP contribution in [0.15, 0.2) is 23.1 Å². The lowest BCUT2D eigenvalue weighted by molar-refractivity contribution is 0.224. The van der Waals surface area contributed by atoms with Gasteiger partial charge in [-0.3, -0.25) is 4.90 Å². The van der Waals surface area contributed by atoms with E-state index in [0.717, 1.165) is 31.6 Å². The Morgan fingerprint density at radius 1 is 1.33 bits per heavy atom. The average Bonchev–Trinajstić information content (AvgIpc) is 2.89. The molecular formula is C14H22FN3O2S. The molecule has 0 bridgehead atoms. The molecule has 0 aromatic heterocycles. The molecular weight excluding hydrogens is 293 g/mol. The van der Waals surface area contributed by atoms with Gasteiger partial charge < -0.3 is 5.73 Å². The number of hydrogen-bond donors (Lipinski definition) is 1. The van der Waals surface area contributed by atoms with Crippen molar-refractivity contribution in [3.63, 3.8) is 0 Å². The fraction of sp³-hybridized carbons (Fsp3) is 0.571. The van der Waals surface area contributed by atoms with E-state index >= 15 is 0 Å². The lowest BCUT2D eigenvalue weighted by Crippen LogP contribution is -2.38. The van der Waals surface area contributed by atoms with Gasteiger partial charge in [0.2, 0.25) is 10.0 Å². The Bertz CT molecular complexity index is 582. The highest BCUT2D eigenvalue weighted by atomic mass is 32.2. The first-order valence-electron chi connectivity index (χ1n) is 7.18. The number of nitrogens with zero attached hydrogens (tertiary/aromatic N) is 2. The zero-order chi connectivity index (χ0) is 15.6. The summed E-state index contributed by atoms with van der Waals surface area (Å²) in [5, 5.41) is 0. The van der Waals surface area contributed by atoms with E-state index in [9.17, 15) is 12.8 Å². The predicted molar refractivity (Wildman–Crippen MR) is 80.9 cm³/mol. The smallest absolute Gasteiger partial charge is 0.243 e. The third-order valence-electron chi connectivity index (χ3n) is 3.99. The number of benzene rings is 1. The summed E-state index contributed by atoms with van der Waals surface area (Å²) in [4.78, 5) is 2.18. The molecule has 7 heteroatoms. The number of nitrogens with two attached hydrogens (primary N) is 1. The number of nitrogen functional groups attached to an aromatic ring is 1. The van der Waals surface area contributed by atoms with E-state index in [0.29, 0.717) is 13.1 Å². The minimum absolute atomic E-state index is 0.0693. The summed E-state index contributed by atoms with van der Waals surface area (Å²) in [5.41, 5.74) is 5.66. The topological polar surface area (TPSA) is 66.6 Å². The van der Waals surface area contributed by atoms with Gasteiger partial charge in [-0.15, -0.1) is 0 Å². The molecule has 0 spiro atoms. The van der Waals surface area contributed by atoms with Crippen LogP contribution in [0.4, 0.5) is 10.1 Å². The van der Waals surface area contributed by atoms with Crippen LogP contribution in [0.3, 0.4) is 0 Å². The fourth-order valence-electron chi connectivity index (χ4n) is 2.85. The van der Waals surface area contributed by atoms with E-state index in [1.165, 1.54) is 10.4 Å². The van der Waals surface area contributed by atoms with E-state index in [2.05, 4.69) is 18.7 Å². The second-order valence-corrected chi connectivity index (χ2v) is 7.18. The van der Waals surface area contributed by atoms with Crippen molar-refractivity contribution in [1.82, 2.24) is 9.21 Å². The van der Waals surface area contributed by atoms with Crippen LogP contribution in [-0.4, -0.2) is 49.8 Å². The molecule has 118 valence electrons. The van der Waals surface area contributed by atoms with E-state index in [1.807, 2.05) is 0 Å². The fourth-order valence-corrected chi connectivity index (χ4v) is 4.41. The summed E-state index contributed by atoms with van der Waals surface area (Å²) in [7, 11) is -3.68. The first-order valence-corrected chi connectivity index (χ1v) is 8.62. The average molecular weight is 315 g/mol. The van der Waals surface area contributed by atoms with Gasteiger partial charge in [-0.1, -0.05) is 13.8 Å². The molecule has 1 aromatic rings. The van der Waals surface area contributed by atoms with Crippen molar-refractivity contribution in [3.8, 4) is 0 Å². The number of rotatable bonds is 5. The van der Waals surface area contributed by atoms with Crippen molar-refractivity contribution in [3.05, 3.63) is 24.0 Å². The summed E-state index contributed by atoms with van der Waals surface area (Å²) in [6, 6.07) is 3.67. The van der Waals surface area contributed by atoms with Crippen LogP contribution in [0.1, 0.15) is 20.3 Å². The number of halogens is 1. The monoisotopic (exact) mass is 315 g/mol. The van der Waals surface area contributed by atoms with Gasteiger partial charge in [0, 0.05) is 24.8 Å². The molecule has 1 heterocycles. The third-order valence-corrected chi connectivity index (χ3v) is 5.83. The zero-order valence-electron chi connectivity index (χ0n) is 12.4. The van der Waals surface area contributed by atoms with E-state index < -0.39 is 15.8 Å². The maximum Gasteiger partial charge on any atom is 0.243 e. The maximum absolute atomic E-state index is 13.4. The Hall–Kier alpha value is -1.18. The first-order chi connectivity index (χ1) is 9.88. The van der Waals surface area contributed by atoms with E-state index in [4.69, 9.17) is 5.73 Å². The molecule has 0 radical (unpaired) electrons. The Balaban J connectivity index is 2.21. The number of anilines is 1. The second kappa shape index (κ2) is 6.29. The Morgan fingerprint density at radius 2 is 2.00 bits per heavy atom. The summed E-state index contributed by atoms with van der Waals surface area (Å²) in [6.07, 6.45) is 0.797. The van der Waals surface area contributed by atoms with Gasteiger partial charge in [0.15, 0.2) is 0 Å². The Morgan fingerprint density at radius 3 is 2.57 bits per heavy atom. The molecule has 1 aromatic carbocycles. The summed E-state index contributed by atoms with van der Waals surface area (Å²) >= 11 is 0. The molecule has 1 unspecified atom stereocenters. The predicted octanol–water partition coefficient (Wildman–Crippen LogP) is 1.51. The van der Waals surface area contributed by atoms with Crippen LogP contribution >= 0.6 is 0 Å². The van der Waals surface area contributed by atoms with E-state index in [1.54, 1.807) is 0 Å². The van der Waals surface area contributed by atoms with Crippen molar-refractivity contribution >= 4 is 15.7 Å². The molecule has 1 aliphatic heterocycles. The summed E-state index contributed by atoms with van der Waals surface area (Å²) < 4.78 is 39.9. The van der Waals surface area contributed by atoms with Crippen LogP contribution < -0.4 is 5.73 Å². The number of likely N-dealkylation sites (N-methyl/N-ethyl adjacent to an activating group) is 1. The molecule has 21 heavy (non-hydrogen) atoms. The lowest BCUT2D eigenvalue weighted by Gasteiger charge is -2.26. The molecule has 1 aliphatic rings. The van der Waals surface area contributed by atoms with E-state index in [-0.39, 0.29) is 16.6 Å². The van der Waals surface area contributed by atoms with Gasteiger partial charge in [0.25, 0.3) is 0 Å². The van der Waals surface area contributed by atoms with Crippen LogP contribution in [0, 0.1) is 5.82 Å². The van der Waals surface area contributed by atoms with Gasteiger partial charge in [0.05, 0.1) is 4.90 Å². The molecule has 1 fully saturated rings. The molecule has 0 saturated carbocycles. The molecule has 2 rings (SSSR count). The van der Waals surface area contributed by atoms with Gasteiger partial charge in [-0.25, -0.2) is 12.8 Å². The standard InChI is InChI=1S/C14H22FN3O2S/c1-3-17(4-2)13-5-6-18(10-13)21(19,20)14-8-11(15)7-12(16)9-14/h7-9,13H,3-6,10,16H2,1-2H3. The molecule has 1 atom stereocenters. The van der Waals surface area contributed by atoms with Crippen molar-refractivity contribution in [1.29, 1.82) is 0 Å².